The Morgan fingerprint density at radius 1 is 1.35 bits per heavy atom. The monoisotopic (exact) mass is 251 g/mol. The zero-order chi connectivity index (χ0) is 12.3. The van der Waals surface area contributed by atoms with Gasteiger partial charge >= 0.3 is 0 Å². The van der Waals surface area contributed by atoms with E-state index in [1.165, 1.54) is 6.07 Å². The zero-order valence-electron chi connectivity index (χ0n) is 9.83. The molecule has 0 aliphatic heterocycles. The summed E-state index contributed by atoms with van der Waals surface area (Å²) < 4.78 is 21.9. The van der Waals surface area contributed by atoms with E-state index in [9.17, 15) is 4.39 Å². The van der Waals surface area contributed by atoms with Crippen LogP contribution in [-0.2, 0) is 0 Å². The summed E-state index contributed by atoms with van der Waals surface area (Å²) in [6.07, 6.45) is 1.01. The van der Waals surface area contributed by atoms with E-state index in [1.807, 2.05) is 6.07 Å². The maximum Gasteiger partial charge on any atom is 0.168 e. The fraction of sp³-hybridized carbons (Fsp3) is 0.333. The summed E-state index contributed by atoms with van der Waals surface area (Å²) in [5, 5.41) is 3.20. The molecule has 0 saturated heterocycles. The Kier molecular flexibility index (Phi) is 3.68. The molecule has 17 heavy (non-hydrogen) atoms. The number of aromatic nitrogens is 2. The SMILES string of the molecule is CCCNc1nsnc1-c1cccc(F)c1C. The molecule has 90 valence electrons. The first-order chi connectivity index (χ1) is 8.24. The van der Waals surface area contributed by atoms with Gasteiger partial charge in [-0.15, -0.1) is 0 Å². The molecule has 0 aliphatic carbocycles. The summed E-state index contributed by atoms with van der Waals surface area (Å²) in [7, 11) is 0. The van der Waals surface area contributed by atoms with Gasteiger partial charge in [-0.1, -0.05) is 19.1 Å². The standard InChI is InChI=1S/C12H14FN3S/c1-3-7-14-12-11(15-17-16-12)9-5-4-6-10(13)8(9)2/h4-6H,3,7H2,1-2H3,(H,14,16). The molecule has 2 rings (SSSR count). The van der Waals surface area contributed by atoms with Crippen molar-refractivity contribution < 1.29 is 4.39 Å². The first kappa shape index (κ1) is 12.0. The molecule has 5 heteroatoms. The fourth-order valence-electron chi connectivity index (χ4n) is 1.59. The lowest BCUT2D eigenvalue weighted by atomic mass is 10.1. The number of halogens is 1. The van der Waals surface area contributed by atoms with E-state index in [0.717, 1.165) is 41.8 Å². The number of hydrogen-bond donors (Lipinski definition) is 1. The molecule has 1 N–H and O–H groups in total. The Balaban J connectivity index is 2.39. The van der Waals surface area contributed by atoms with Gasteiger partial charge in [0.05, 0.1) is 11.7 Å². The van der Waals surface area contributed by atoms with E-state index in [4.69, 9.17) is 0 Å². The minimum absolute atomic E-state index is 0.211. The third kappa shape index (κ3) is 2.44. The highest BCUT2D eigenvalue weighted by Gasteiger charge is 2.13. The normalized spacial score (nSPS) is 10.5. The molecule has 1 heterocycles. The van der Waals surface area contributed by atoms with Gasteiger partial charge in [-0.2, -0.15) is 8.75 Å². The van der Waals surface area contributed by atoms with Gasteiger partial charge in [-0.05, 0) is 25.0 Å². The van der Waals surface area contributed by atoms with Gasteiger partial charge < -0.3 is 5.32 Å². The van der Waals surface area contributed by atoms with Crippen LogP contribution in [0, 0.1) is 12.7 Å². The number of anilines is 1. The van der Waals surface area contributed by atoms with Gasteiger partial charge in [0.15, 0.2) is 5.82 Å². The van der Waals surface area contributed by atoms with E-state index in [0.29, 0.717) is 5.56 Å². The molecular formula is C12H14FN3S. The summed E-state index contributed by atoms with van der Waals surface area (Å²) >= 11 is 1.14. The predicted molar refractivity (Wildman–Crippen MR) is 68.8 cm³/mol. The first-order valence-electron chi connectivity index (χ1n) is 5.56. The van der Waals surface area contributed by atoms with Crippen LogP contribution in [0.25, 0.3) is 11.3 Å². The highest BCUT2D eigenvalue weighted by atomic mass is 32.1. The minimum Gasteiger partial charge on any atom is -0.367 e. The Bertz CT molecular complexity index is 510. The maximum absolute atomic E-state index is 13.5. The van der Waals surface area contributed by atoms with Crippen LogP contribution in [0.3, 0.4) is 0 Å². The molecule has 3 nitrogen and oxygen atoms in total. The Morgan fingerprint density at radius 2 is 2.18 bits per heavy atom. The van der Waals surface area contributed by atoms with Crippen molar-refractivity contribution in [3.05, 3.63) is 29.6 Å². The van der Waals surface area contributed by atoms with E-state index < -0.39 is 0 Å². The van der Waals surface area contributed by atoms with Gasteiger partial charge in [0.25, 0.3) is 0 Å². The van der Waals surface area contributed by atoms with Crippen LogP contribution < -0.4 is 5.32 Å². The van der Waals surface area contributed by atoms with E-state index in [2.05, 4.69) is 21.0 Å². The van der Waals surface area contributed by atoms with Crippen LogP contribution in [0.2, 0.25) is 0 Å². The molecule has 0 aliphatic rings. The van der Waals surface area contributed by atoms with E-state index >= 15 is 0 Å². The molecule has 0 fully saturated rings. The van der Waals surface area contributed by atoms with Crippen molar-refractivity contribution in [2.24, 2.45) is 0 Å². The molecule has 1 aromatic carbocycles. The van der Waals surface area contributed by atoms with Crippen molar-refractivity contribution in [1.29, 1.82) is 0 Å². The number of hydrogen-bond acceptors (Lipinski definition) is 4. The second kappa shape index (κ2) is 5.23. The van der Waals surface area contributed by atoms with Crippen molar-refractivity contribution in [2.45, 2.75) is 20.3 Å². The summed E-state index contributed by atoms with van der Waals surface area (Å²) in [5.41, 5.74) is 2.15. The van der Waals surface area contributed by atoms with Crippen LogP contribution in [0.5, 0.6) is 0 Å². The molecule has 0 spiro atoms. The third-order valence-electron chi connectivity index (χ3n) is 2.55. The molecule has 0 unspecified atom stereocenters. The Labute approximate surface area is 104 Å². The largest absolute Gasteiger partial charge is 0.367 e. The highest BCUT2D eigenvalue weighted by Crippen LogP contribution is 2.29. The van der Waals surface area contributed by atoms with Gasteiger partial charge in [0, 0.05) is 12.1 Å². The lowest BCUT2D eigenvalue weighted by Gasteiger charge is -2.06. The molecule has 2 aromatic rings. The van der Waals surface area contributed by atoms with Crippen molar-refractivity contribution >= 4 is 17.5 Å². The summed E-state index contributed by atoms with van der Waals surface area (Å²) in [6, 6.07) is 5.02. The predicted octanol–water partition coefficient (Wildman–Crippen LogP) is 3.47. The summed E-state index contributed by atoms with van der Waals surface area (Å²) in [6.45, 7) is 4.68. The lowest BCUT2D eigenvalue weighted by molar-refractivity contribution is 0.619. The zero-order valence-corrected chi connectivity index (χ0v) is 10.6. The Hall–Kier alpha value is -1.49. The minimum atomic E-state index is -0.211. The first-order valence-corrected chi connectivity index (χ1v) is 6.29. The third-order valence-corrected chi connectivity index (χ3v) is 3.08. The average Bonchev–Trinajstić information content (AvgIpc) is 2.78. The fourth-order valence-corrected chi connectivity index (χ4v) is 2.13. The molecular weight excluding hydrogens is 237 g/mol. The highest BCUT2D eigenvalue weighted by molar-refractivity contribution is 6.99. The molecule has 1 aromatic heterocycles. The number of nitrogens with one attached hydrogen (secondary N) is 1. The summed E-state index contributed by atoms with van der Waals surface area (Å²) in [5.74, 6) is 0.530. The lowest BCUT2D eigenvalue weighted by Crippen LogP contribution is -2.01. The second-order valence-electron chi connectivity index (χ2n) is 3.80. The smallest absolute Gasteiger partial charge is 0.168 e. The van der Waals surface area contributed by atoms with E-state index in [1.54, 1.807) is 13.0 Å². The average molecular weight is 251 g/mol. The number of rotatable bonds is 4. The van der Waals surface area contributed by atoms with Gasteiger partial charge in [0.1, 0.15) is 11.5 Å². The van der Waals surface area contributed by atoms with Crippen LogP contribution in [-0.4, -0.2) is 15.3 Å². The molecule has 0 amide bonds. The van der Waals surface area contributed by atoms with Crippen molar-refractivity contribution in [1.82, 2.24) is 8.75 Å². The van der Waals surface area contributed by atoms with Crippen molar-refractivity contribution in [3.63, 3.8) is 0 Å². The Morgan fingerprint density at radius 3 is 2.94 bits per heavy atom. The van der Waals surface area contributed by atoms with E-state index in [-0.39, 0.29) is 5.82 Å². The van der Waals surface area contributed by atoms with Gasteiger partial charge in [0.2, 0.25) is 0 Å². The van der Waals surface area contributed by atoms with Crippen molar-refractivity contribution in [3.8, 4) is 11.3 Å². The molecule has 0 bridgehead atoms. The maximum atomic E-state index is 13.5. The quantitative estimate of drug-likeness (QED) is 0.904. The molecule has 0 radical (unpaired) electrons. The van der Waals surface area contributed by atoms with Crippen LogP contribution in [0.1, 0.15) is 18.9 Å². The second-order valence-corrected chi connectivity index (χ2v) is 4.33. The van der Waals surface area contributed by atoms with Crippen LogP contribution in [0.15, 0.2) is 18.2 Å². The molecule has 0 atom stereocenters. The van der Waals surface area contributed by atoms with Crippen LogP contribution in [0.4, 0.5) is 10.2 Å². The number of benzene rings is 1. The van der Waals surface area contributed by atoms with Gasteiger partial charge in [-0.3, -0.25) is 0 Å². The van der Waals surface area contributed by atoms with Gasteiger partial charge in [-0.25, -0.2) is 4.39 Å². The topological polar surface area (TPSA) is 37.8 Å². The summed E-state index contributed by atoms with van der Waals surface area (Å²) in [4.78, 5) is 0. The van der Waals surface area contributed by atoms with Crippen LogP contribution >= 0.6 is 11.7 Å². The van der Waals surface area contributed by atoms with Crippen molar-refractivity contribution in [2.75, 3.05) is 11.9 Å². The molecule has 0 saturated carbocycles. The number of nitrogens with zero attached hydrogens (tertiary/aromatic N) is 2.